The second kappa shape index (κ2) is 9.96. The average Bonchev–Trinajstić information content (AvgIpc) is 3.13. The number of hydrogen-bond donors (Lipinski definition) is 2. The Morgan fingerprint density at radius 3 is 2.33 bits per heavy atom. The van der Waals surface area contributed by atoms with Crippen molar-refractivity contribution in [3.8, 4) is 0 Å². The number of nitrogens with two attached hydrogens (primary N) is 1. The molecular formula is C22H33ClN6O4. The van der Waals surface area contributed by atoms with E-state index in [0.717, 1.165) is 14.9 Å². The molecule has 0 aliphatic carbocycles. The Kier molecular flexibility index (Phi) is 7.97. The van der Waals surface area contributed by atoms with Gasteiger partial charge in [0.2, 0.25) is 0 Å². The molecule has 0 spiro atoms. The van der Waals surface area contributed by atoms with E-state index < -0.39 is 22.7 Å². The summed E-state index contributed by atoms with van der Waals surface area (Å²) in [7, 11) is 0. The van der Waals surface area contributed by atoms with Crippen molar-refractivity contribution in [1.82, 2.24) is 24.8 Å². The molecule has 10 nitrogen and oxygen atoms in total. The van der Waals surface area contributed by atoms with Gasteiger partial charge in [0.25, 0.3) is 5.91 Å². The Bertz CT molecular complexity index is 1070. The molecule has 2 aromatic rings. The molecule has 1 aliphatic rings. The highest BCUT2D eigenvalue weighted by Gasteiger charge is 2.40. The summed E-state index contributed by atoms with van der Waals surface area (Å²) in [6.07, 6.45) is 0. The molecule has 0 bridgehead atoms. The SMILES string of the molecule is CC(C)c1nn(C(=O)NC(C)(C)C)c(=O)n1N.CC1(C)CON(Cc2ccccc2Cl)C1=O. The van der Waals surface area contributed by atoms with Gasteiger partial charge >= 0.3 is 11.7 Å². The molecule has 1 saturated heterocycles. The number of amides is 2. The number of carbonyl (C=O) groups excluding carboxylic acids is 2. The van der Waals surface area contributed by atoms with Crippen molar-refractivity contribution in [3.05, 3.63) is 51.2 Å². The molecule has 1 fully saturated rings. The molecule has 2 amide bonds. The monoisotopic (exact) mass is 480 g/mol. The zero-order valence-corrected chi connectivity index (χ0v) is 20.9. The van der Waals surface area contributed by atoms with Crippen LogP contribution in [0, 0.1) is 5.41 Å². The van der Waals surface area contributed by atoms with Crippen molar-refractivity contribution >= 4 is 23.5 Å². The van der Waals surface area contributed by atoms with Crippen LogP contribution < -0.4 is 16.8 Å². The fourth-order valence-electron chi connectivity index (χ4n) is 2.89. The van der Waals surface area contributed by atoms with Crippen molar-refractivity contribution in [2.24, 2.45) is 5.41 Å². The Balaban J connectivity index is 0.000000234. The summed E-state index contributed by atoms with van der Waals surface area (Å²) >= 11 is 6.03. The lowest BCUT2D eigenvalue weighted by molar-refractivity contribution is -0.165. The highest BCUT2D eigenvalue weighted by molar-refractivity contribution is 6.31. The zero-order chi connectivity index (χ0) is 25.1. The Hall–Kier alpha value is -2.85. The Morgan fingerprint density at radius 2 is 1.88 bits per heavy atom. The van der Waals surface area contributed by atoms with E-state index in [1.807, 2.05) is 72.7 Å². The molecule has 2 heterocycles. The van der Waals surface area contributed by atoms with E-state index in [1.165, 1.54) is 5.06 Å². The summed E-state index contributed by atoms with van der Waals surface area (Å²) in [4.78, 5) is 40.8. The van der Waals surface area contributed by atoms with Crippen LogP contribution in [0.15, 0.2) is 29.1 Å². The normalized spacial score (nSPS) is 15.4. The highest BCUT2D eigenvalue weighted by atomic mass is 35.5. The van der Waals surface area contributed by atoms with E-state index >= 15 is 0 Å². The number of carbonyl (C=O) groups is 2. The van der Waals surface area contributed by atoms with Crippen LogP contribution in [0.2, 0.25) is 5.02 Å². The summed E-state index contributed by atoms with van der Waals surface area (Å²) in [6, 6.07) is 6.89. The minimum absolute atomic E-state index is 0.00687. The van der Waals surface area contributed by atoms with Gasteiger partial charge in [-0.25, -0.2) is 14.7 Å². The van der Waals surface area contributed by atoms with Gasteiger partial charge in [-0.2, -0.15) is 4.68 Å². The second-order valence-electron chi connectivity index (χ2n) is 9.85. The zero-order valence-electron chi connectivity index (χ0n) is 20.2. The van der Waals surface area contributed by atoms with Gasteiger partial charge in [0.1, 0.15) is 0 Å². The summed E-state index contributed by atoms with van der Waals surface area (Å²) in [6.45, 7) is 13.7. The number of rotatable bonds is 3. The number of halogens is 1. The maximum absolute atomic E-state index is 11.9. The maximum Gasteiger partial charge on any atom is 0.373 e. The van der Waals surface area contributed by atoms with Gasteiger partial charge in [0, 0.05) is 16.5 Å². The van der Waals surface area contributed by atoms with Crippen LogP contribution in [0.1, 0.15) is 65.8 Å². The molecule has 1 aliphatic heterocycles. The van der Waals surface area contributed by atoms with Gasteiger partial charge in [-0.15, -0.1) is 9.78 Å². The topological polar surface area (TPSA) is 124 Å². The summed E-state index contributed by atoms with van der Waals surface area (Å²) < 4.78 is 1.65. The molecule has 0 unspecified atom stereocenters. The summed E-state index contributed by atoms with van der Waals surface area (Å²) in [5.74, 6) is 5.90. The fourth-order valence-corrected chi connectivity index (χ4v) is 3.08. The molecule has 33 heavy (non-hydrogen) atoms. The van der Waals surface area contributed by atoms with Crippen LogP contribution in [-0.2, 0) is 16.2 Å². The fraction of sp³-hybridized carbons (Fsp3) is 0.545. The minimum Gasteiger partial charge on any atom is -0.333 e. The minimum atomic E-state index is -0.643. The molecule has 1 aromatic carbocycles. The van der Waals surface area contributed by atoms with Crippen LogP contribution in [-0.4, -0.2) is 43.6 Å². The first-order valence-corrected chi connectivity index (χ1v) is 11.0. The second-order valence-corrected chi connectivity index (χ2v) is 10.3. The predicted octanol–water partition coefficient (Wildman–Crippen LogP) is 2.88. The lowest BCUT2D eigenvalue weighted by Gasteiger charge is -2.19. The van der Waals surface area contributed by atoms with E-state index in [0.29, 0.717) is 24.0 Å². The molecule has 0 radical (unpaired) electrons. The van der Waals surface area contributed by atoms with Gasteiger partial charge in [0.15, 0.2) is 5.82 Å². The first-order chi connectivity index (χ1) is 15.1. The van der Waals surface area contributed by atoms with Gasteiger partial charge < -0.3 is 11.2 Å². The van der Waals surface area contributed by atoms with Gasteiger partial charge in [-0.3, -0.25) is 9.63 Å². The molecular weight excluding hydrogens is 448 g/mol. The first kappa shape index (κ1) is 26.4. The molecule has 1 aromatic heterocycles. The number of nitrogen functional groups attached to an aromatic ring is 1. The maximum atomic E-state index is 11.9. The van der Waals surface area contributed by atoms with Crippen LogP contribution in [0.4, 0.5) is 4.79 Å². The number of nitrogens with zero attached hydrogens (tertiary/aromatic N) is 4. The number of benzene rings is 1. The molecule has 182 valence electrons. The first-order valence-electron chi connectivity index (χ1n) is 10.6. The lowest BCUT2D eigenvalue weighted by Crippen LogP contribution is -2.47. The molecule has 3 rings (SSSR count). The van der Waals surface area contributed by atoms with E-state index in [1.54, 1.807) is 0 Å². The molecule has 3 N–H and O–H groups in total. The third kappa shape index (κ3) is 6.58. The van der Waals surface area contributed by atoms with E-state index in [-0.39, 0.29) is 11.8 Å². The Labute approximate surface area is 198 Å². The van der Waals surface area contributed by atoms with Crippen LogP contribution in [0.3, 0.4) is 0 Å². The summed E-state index contributed by atoms with van der Waals surface area (Å²) in [5.41, 5.74) is -0.612. The lowest BCUT2D eigenvalue weighted by atomic mass is 9.95. The predicted molar refractivity (Wildman–Crippen MR) is 126 cm³/mol. The van der Waals surface area contributed by atoms with Gasteiger partial charge in [0.05, 0.1) is 18.6 Å². The summed E-state index contributed by atoms with van der Waals surface area (Å²) in [5, 5.41) is 8.62. The molecule has 0 atom stereocenters. The highest BCUT2D eigenvalue weighted by Crippen LogP contribution is 2.29. The number of aromatic nitrogens is 3. The molecule has 11 heteroatoms. The van der Waals surface area contributed by atoms with E-state index in [4.69, 9.17) is 22.3 Å². The molecule has 0 saturated carbocycles. The van der Waals surface area contributed by atoms with Crippen LogP contribution in [0.5, 0.6) is 0 Å². The smallest absolute Gasteiger partial charge is 0.333 e. The van der Waals surface area contributed by atoms with Crippen molar-refractivity contribution in [1.29, 1.82) is 0 Å². The number of nitrogens with one attached hydrogen (secondary N) is 1. The Morgan fingerprint density at radius 1 is 1.27 bits per heavy atom. The van der Waals surface area contributed by atoms with Gasteiger partial charge in [-0.1, -0.05) is 43.6 Å². The van der Waals surface area contributed by atoms with Crippen molar-refractivity contribution in [3.63, 3.8) is 0 Å². The van der Waals surface area contributed by atoms with Crippen molar-refractivity contribution in [2.45, 2.75) is 66.5 Å². The van der Waals surface area contributed by atoms with E-state index in [9.17, 15) is 14.4 Å². The number of hydrogen-bond acceptors (Lipinski definition) is 6. The number of hydroxylamine groups is 2. The van der Waals surface area contributed by atoms with Crippen LogP contribution in [0.25, 0.3) is 0 Å². The van der Waals surface area contributed by atoms with Gasteiger partial charge in [-0.05, 0) is 46.2 Å². The third-order valence-corrected chi connectivity index (χ3v) is 5.05. The quantitative estimate of drug-likeness (QED) is 0.651. The van der Waals surface area contributed by atoms with Crippen molar-refractivity contribution < 1.29 is 14.4 Å². The average molecular weight is 481 g/mol. The van der Waals surface area contributed by atoms with Crippen LogP contribution >= 0.6 is 11.6 Å². The largest absolute Gasteiger partial charge is 0.373 e. The van der Waals surface area contributed by atoms with Crippen molar-refractivity contribution in [2.75, 3.05) is 12.4 Å². The van der Waals surface area contributed by atoms with E-state index in [2.05, 4.69) is 10.4 Å². The third-order valence-electron chi connectivity index (χ3n) is 4.69. The standard InChI is InChI=1S/C12H14ClNO2.C10H19N5O2/c1-12(2)8-16-14(11(12)15)7-9-5-3-4-6-10(9)13;1-6(2)7-13-15(9(17)14(7)11)8(16)12-10(3,4)5/h3-6H,7-8H2,1-2H3;6H,11H2,1-5H3,(H,12,16).